The monoisotopic (exact) mass is 300 g/mol. The zero-order valence-corrected chi connectivity index (χ0v) is 13.3. The van der Waals surface area contributed by atoms with E-state index in [0.29, 0.717) is 0 Å². The first kappa shape index (κ1) is 13.8. The lowest BCUT2D eigenvalue weighted by atomic mass is 9.80. The molecule has 0 radical (unpaired) electrons. The van der Waals surface area contributed by atoms with Gasteiger partial charge in [-0.15, -0.1) is 11.6 Å². The summed E-state index contributed by atoms with van der Waals surface area (Å²) in [4.78, 5) is 0. The number of fused-ring (bicyclic) bond motifs is 1. The van der Waals surface area contributed by atoms with Crippen LogP contribution in [-0.4, -0.2) is 15.7 Å². The number of nitrogens with zero attached hydrogens (tertiary/aromatic N) is 2. The molecule has 2 fully saturated rings. The molecular weight excluding hydrogens is 279 g/mol. The van der Waals surface area contributed by atoms with Crippen LogP contribution in [0.3, 0.4) is 0 Å². The largest absolute Gasteiger partial charge is 0.268 e. The van der Waals surface area contributed by atoms with Gasteiger partial charge >= 0.3 is 0 Å². The smallest absolute Gasteiger partial charge is 0.0850 e. The summed E-state index contributed by atoms with van der Waals surface area (Å²) in [5, 5.41) is 5.51. The lowest BCUT2D eigenvalue weighted by Crippen LogP contribution is -2.25. The molecule has 0 N–H and O–H groups in total. The third kappa shape index (κ3) is 2.31. The first-order valence-corrected chi connectivity index (χ1v) is 8.33. The van der Waals surface area contributed by atoms with Gasteiger partial charge in [-0.2, -0.15) is 5.10 Å². The molecule has 2 aliphatic rings. The molecule has 2 saturated carbocycles. The van der Waals surface area contributed by atoms with E-state index < -0.39 is 0 Å². The molecule has 0 saturated heterocycles. The van der Waals surface area contributed by atoms with Gasteiger partial charge in [0.25, 0.3) is 0 Å². The Morgan fingerprint density at radius 2 is 2.00 bits per heavy atom. The highest BCUT2D eigenvalue weighted by molar-refractivity contribution is 6.31. The van der Waals surface area contributed by atoms with Crippen LogP contribution in [0.2, 0.25) is 5.02 Å². The van der Waals surface area contributed by atoms with Crippen molar-refractivity contribution >= 4 is 23.2 Å². The number of aryl methyl sites for hydroxylation is 2. The molecule has 0 amide bonds. The van der Waals surface area contributed by atoms with Gasteiger partial charge in [0.05, 0.1) is 16.4 Å². The lowest BCUT2D eigenvalue weighted by molar-refractivity contribution is 0.294. The Kier molecular flexibility index (Phi) is 3.59. The second kappa shape index (κ2) is 4.96. The van der Waals surface area contributed by atoms with Gasteiger partial charge in [0.1, 0.15) is 0 Å². The molecule has 0 spiro atoms. The van der Waals surface area contributed by atoms with E-state index in [1.807, 2.05) is 0 Å². The molecule has 0 aliphatic heterocycles. The summed E-state index contributed by atoms with van der Waals surface area (Å²) in [6.07, 6.45) is 5.91. The lowest BCUT2D eigenvalue weighted by Gasteiger charge is -2.28. The van der Waals surface area contributed by atoms with E-state index >= 15 is 0 Å². The molecule has 2 aliphatic carbocycles. The Morgan fingerprint density at radius 3 is 2.53 bits per heavy atom. The zero-order valence-electron chi connectivity index (χ0n) is 11.8. The summed E-state index contributed by atoms with van der Waals surface area (Å²) in [7, 11) is 0. The van der Waals surface area contributed by atoms with E-state index in [-0.39, 0.29) is 5.41 Å². The van der Waals surface area contributed by atoms with Gasteiger partial charge in [-0.1, -0.05) is 18.5 Å². The van der Waals surface area contributed by atoms with Crippen molar-refractivity contribution < 1.29 is 0 Å². The average molecular weight is 301 g/mol. The fraction of sp³-hybridized carbons (Fsp3) is 0.800. The topological polar surface area (TPSA) is 17.8 Å². The Bertz CT molecular complexity index is 471. The minimum atomic E-state index is 0.275. The summed E-state index contributed by atoms with van der Waals surface area (Å²) in [5.74, 6) is 2.65. The minimum absolute atomic E-state index is 0.275. The van der Waals surface area contributed by atoms with Crippen LogP contribution in [-0.2, 0) is 19.4 Å². The van der Waals surface area contributed by atoms with E-state index in [2.05, 4.69) is 23.6 Å². The second-order valence-corrected chi connectivity index (χ2v) is 7.00. The van der Waals surface area contributed by atoms with Crippen LogP contribution in [0.1, 0.15) is 44.5 Å². The van der Waals surface area contributed by atoms with Gasteiger partial charge in [-0.3, -0.25) is 4.68 Å². The Balaban J connectivity index is 1.87. The molecule has 2 atom stereocenters. The molecule has 4 heteroatoms. The van der Waals surface area contributed by atoms with E-state index in [9.17, 15) is 0 Å². The zero-order chi connectivity index (χ0) is 13.6. The quantitative estimate of drug-likeness (QED) is 0.741. The predicted octanol–water partition coefficient (Wildman–Crippen LogP) is 4.32. The van der Waals surface area contributed by atoms with Crippen LogP contribution >= 0.6 is 23.2 Å². The van der Waals surface area contributed by atoms with Crippen molar-refractivity contribution in [3.05, 3.63) is 16.4 Å². The fourth-order valence-electron chi connectivity index (χ4n) is 3.85. The Morgan fingerprint density at radius 1 is 1.32 bits per heavy atom. The highest BCUT2D eigenvalue weighted by atomic mass is 35.5. The molecular formula is C15H22Cl2N2. The average Bonchev–Trinajstić information content (AvgIpc) is 2.92. The van der Waals surface area contributed by atoms with E-state index in [0.717, 1.165) is 47.8 Å². The first-order valence-electron chi connectivity index (χ1n) is 7.42. The standard InChI is InChI=1S/C15H22Cl2N2/c1-3-12-14(17)13(19(4-2)18-12)8-15(9-16)6-10-5-11(10)7-15/h10-11H,3-9H2,1-2H3. The van der Waals surface area contributed by atoms with Gasteiger partial charge < -0.3 is 0 Å². The Hall–Kier alpha value is -0.210. The van der Waals surface area contributed by atoms with Crippen LogP contribution < -0.4 is 0 Å². The highest BCUT2D eigenvalue weighted by Gasteiger charge is 2.53. The third-order valence-corrected chi connectivity index (χ3v) is 5.98. The van der Waals surface area contributed by atoms with Crippen molar-refractivity contribution in [1.29, 1.82) is 0 Å². The maximum atomic E-state index is 6.53. The summed E-state index contributed by atoms with van der Waals surface area (Å²) in [6.45, 7) is 5.13. The number of halogens is 2. The molecule has 2 nitrogen and oxygen atoms in total. The van der Waals surface area contributed by atoms with Crippen molar-refractivity contribution in [1.82, 2.24) is 9.78 Å². The normalized spacial score (nSPS) is 32.6. The van der Waals surface area contributed by atoms with E-state index in [1.165, 1.54) is 25.0 Å². The van der Waals surface area contributed by atoms with E-state index in [1.54, 1.807) is 0 Å². The van der Waals surface area contributed by atoms with Gasteiger partial charge in [0.2, 0.25) is 0 Å². The number of rotatable bonds is 5. The predicted molar refractivity (Wildman–Crippen MR) is 80.0 cm³/mol. The van der Waals surface area contributed by atoms with Crippen molar-refractivity contribution in [2.24, 2.45) is 17.3 Å². The Labute approximate surface area is 125 Å². The molecule has 1 heterocycles. The molecule has 1 aromatic rings. The number of hydrogen-bond acceptors (Lipinski definition) is 1. The van der Waals surface area contributed by atoms with Gasteiger partial charge in [-0.25, -0.2) is 0 Å². The number of hydrogen-bond donors (Lipinski definition) is 0. The molecule has 0 aromatic carbocycles. The van der Waals surface area contributed by atoms with Gasteiger partial charge in [0.15, 0.2) is 0 Å². The molecule has 2 unspecified atom stereocenters. The van der Waals surface area contributed by atoms with Crippen molar-refractivity contribution in [2.45, 2.75) is 52.5 Å². The van der Waals surface area contributed by atoms with Gasteiger partial charge in [0, 0.05) is 12.4 Å². The molecule has 19 heavy (non-hydrogen) atoms. The molecule has 3 rings (SSSR count). The summed E-state index contributed by atoms with van der Waals surface area (Å²) < 4.78 is 2.08. The van der Waals surface area contributed by atoms with Crippen LogP contribution in [0.5, 0.6) is 0 Å². The molecule has 1 aromatic heterocycles. The summed E-state index contributed by atoms with van der Waals surface area (Å²) in [5.41, 5.74) is 2.52. The number of aromatic nitrogens is 2. The van der Waals surface area contributed by atoms with Crippen LogP contribution in [0.25, 0.3) is 0 Å². The van der Waals surface area contributed by atoms with Crippen LogP contribution in [0.4, 0.5) is 0 Å². The minimum Gasteiger partial charge on any atom is -0.268 e. The molecule has 0 bridgehead atoms. The highest BCUT2D eigenvalue weighted by Crippen LogP contribution is 2.61. The first-order chi connectivity index (χ1) is 9.12. The van der Waals surface area contributed by atoms with E-state index in [4.69, 9.17) is 23.2 Å². The fourth-order valence-corrected chi connectivity index (χ4v) is 4.50. The number of alkyl halides is 1. The maximum Gasteiger partial charge on any atom is 0.0850 e. The van der Waals surface area contributed by atoms with Crippen molar-refractivity contribution in [3.8, 4) is 0 Å². The third-order valence-electron chi connectivity index (χ3n) is 4.98. The van der Waals surface area contributed by atoms with Crippen molar-refractivity contribution in [2.75, 3.05) is 5.88 Å². The van der Waals surface area contributed by atoms with Crippen LogP contribution in [0.15, 0.2) is 0 Å². The maximum absolute atomic E-state index is 6.53. The van der Waals surface area contributed by atoms with Gasteiger partial charge in [-0.05, 0) is 56.3 Å². The van der Waals surface area contributed by atoms with Crippen LogP contribution in [0, 0.1) is 17.3 Å². The summed E-state index contributed by atoms with van der Waals surface area (Å²) in [6, 6.07) is 0. The second-order valence-electron chi connectivity index (χ2n) is 6.35. The SMILES string of the molecule is CCc1nn(CC)c(CC2(CCl)CC3CC3C2)c1Cl. The summed E-state index contributed by atoms with van der Waals surface area (Å²) >= 11 is 12.8. The molecule has 106 valence electrons. The van der Waals surface area contributed by atoms with Crippen molar-refractivity contribution in [3.63, 3.8) is 0 Å².